The number of rotatable bonds is 13. The fourth-order valence-electron chi connectivity index (χ4n) is 2.93. The van der Waals surface area contributed by atoms with Crippen molar-refractivity contribution >= 4 is 29.5 Å². The average molecular weight is 479 g/mol. The van der Waals surface area contributed by atoms with E-state index in [9.17, 15) is 14.4 Å². The lowest BCUT2D eigenvalue weighted by Gasteiger charge is -2.23. The van der Waals surface area contributed by atoms with Crippen molar-refractivity contribution in [3.63, 3.8) is 0 Å². The summed E-state index contributed by atoms with van der Waals surface area (Å²) in [5, 5.41) is 13.0. The number of Topliss-reactive ketones (excluding diaryl/α,β-unsaturated/α-hetero) is 1. The summed E-state index contributed by atoms with van der Waals surface area (Å²) >= 11 is 1.21. The summed E-state index contributed by atoms with van der Waals surface area (Å²) in [5.74, 6) is -1.14. The van der Waals surface area contributed by atoms with Gasteiger partial charge in [-0.15, -0.1) is 10.2 Å². The number of ketones is 1. The zero-order valence-corrected chi connectivity index (χ0v) is 20.0. The van der Waals surface area contributed by atoms with Gasteiger partial charge in [0.15, 0.2) is 0 Å². The van der Waals surface area contributed by atoms with Gasteiger partial charge in [0.1, 0.15) is 12.6 Å². The van der Waals surface area contributed by atoms with E-state index >= 15 is 0 Å². The predicted molar refractivity (Wildman–Crippen MR) is 122 cm³/mol. The topological polar surface area (TPSA) is 133 Å². The van der Waals surface area contributed by atoms with Crippen LogP contribution in [-0.4, -0.2) is 60.0 Å². The fraction of sp³-hybridized carbons (Fsp3) is 0.500. The Morgan fingerprint density at radius 1 is 1.09 bits per heavy atom. The van der Waals surface area contributed by atoms with Crippen LogP contribution in [0.3, 0.4) is 0 Å². The molecule has 2 N–H and O–H groups in total. The van der Waals surface area contributed by atoms with Gasteiger partial charge in [0, 0.05) is 13.7 Å². The molecular weight excluding hydrogens is 448 g/mol. The number of methoxy groups -OCH3 is 1. The van der Waals surface area contributed by atoms with Crippen LogP contribution < -0.4 is 10.6 Å². The third kappa shape index (κ3) is 8.85. The molecule has 0 aliphatic heterocycles. The monoisotopic (exact) mass is 478 g/mol. The third-order valence-electron chi connectivity index (χ3n) is 4.56. The molecule has 0 radical (unpaired) electrons. The number of amides is 2. The molecule has 10 nitrogen and oxygen atoms in total. The summed E-state index contributed by atoms with van der Waals surface area (Å²) in [6.07, 6.45) is 1.57. The molecule has 0 saturated carbocycles. The second-order valence-electron chi connectivity index (χ2n) is 7.67. The van der Waals surface area contributed by atoms with E-state index in [1.165, 1.54) is 18.9 Å². The first-order valence-corrected chi connectivity index (χ1v) is 11.7. The molecule has 0 aliphatic carbocycles. The molecule has 2 atom stereocenters. The summed E-state index contributed by atoms with van der Waals surface area (Å²) in [5.41, 5.74) is 0.826. The van der Waals surface area contributed by atoms with E-state index in [1.807, 2.05) is 44.2 Å². The maximum absolute atomic E-state index is 13.0. The van der Waals surface area contributed by atoms with Crippen LogP contribution in [0.25, 0.3) is 0 Å². The zero-order valence-electron chi connectivity index (χ0n) is 19.2. The smallest absolute Gasteiger partial charge is 0.408 e. The summed E-state index contributed by atoms with van der Waals surface area (Å²) in [6, 6.07) is 7.36. The van der Waals surface area contributed by atoms with E-state index in [-0.39, 0.29) is 36.7 Å². The molecule has 0 spiro atoms. The number of carbonyl (C=O) groups excluding carboxylic acids is 3. The Balaban J connectivity index is 2.05. The number of thioether (sulfide) groups is 1. The number of benzene rings is 1. The van der Waals surface area contributed by atoms with Crippen LogP contribution in [0, 0.1) is 5.92 Å². The van der Waals surface area contributed by atoms with Crippen LogP contribution in [0.2, 0.25) is 0 Å². The lowest BCUT2D eigenvalue weighted by molar-refractivity contribution is -0.124. The van der Waals surface area contributed by atoms with Crippen molar-refractivity contribution in [1.82, 2.24) is 20.8 Å². The highest BCUT2D eigenvalue weighted by Gasteiger charge is 2.30. The maximum Gasteiger partial charge on any atom is 0.408 e. The first-order chi connectivity index (χ1) is 15.8. The molecule has 1 aromatic heterocycles. The number of ether oxygens (including phenoxy) is 2. The molecule has 180 valence electrons. The molecule has 33 heavy (non-hydrogen) atoms. The van der Waals surface area contributed by atoms with Gasteiger partial charge in [0.05, 0.1) is 6.04 Å². The molecule has 2 rings (SSSR count). The van der Waals surface area contributed by atoms with Crippen LogP contribution in [-0.2, 0) is 20.9 Å². The van der Waals surface area contributed by atoms with Gasteiger partial charge in [0.2, 0.25) is 11.7 Å². The minimum atomic E-state index is -0.954. The van der Waals surface area contributed by atoms with Crippen LogP contribution in [0.5, 0.6) is 0 Å². The highest BCUT2D eigenvalue weighted by atomic mass is 32.2. The number of hydrogen-bond acceptors (Lipinski definition) is 9. The fourth-order valence-corrected chi connectivity index (χ4v) is 3.21. The number of nitrogens with zero attached hydrogens (tertiary/aromatic N) is 2. The normalized spacial score (nSPS) is 12.8. The first-order valence-electron chi connectivity index (χ1n) is 10.5. The van der Waals surface area contributed by atoms with E-state index in [0.717, 1.165) is 5.56 Å². The van der Waals surface area contributed by atoms with Gasteiger partial charge in [-0.25, -0.2) is 4.79 Å². The van der Waals surface area contributed by atoms with Gasteiger partial charge < -0.3 is 24.5 Å². The maximum atomic E-state index is 13.0. The molecule has 0 bridgehead atoms. The van der Waals surface area contributed by atoms with E-state index in [1.54, 1.807) is 6.26 Å². The van der Waals surface area contributed by atoms with Crippen LogP contribution in [0.1, 0.15) is 42.9 Å². The van der Waals surface area contributed by atoms with Crippen molar-refractivity contribution in [3.8, 4) is 0 Å². The third-order valence-corrected chi connectivity index (χ3v) is 5.08. The Kier molecular flexibility index (Phi) is 10.8. The molecule has 2 amide bonds. The van der Waals surface area contributed by atoms with Crippen molar-refractivity contribution in [2.75, 3.05) is 20.0 Å². The van der Waals surface area contributed by atoms with Gasteiger partial charge >= 0.3 is 6.09 Å². The second kappa shape index (κ2) is 13.6. The molecular formula is C22H30N4O6S. The van der Waals surface area contributed by atoms with Crippen LogP contribution in [0.4, 0.5) is 4.79 Å². The molecule has 11 heteroatoms. The Bertz CT molecular complexity index is 905. The molecule has 1 heterocycles. The summed E-state index contributed by atoms with van der Waals surface area (Å²) in [7, 11) is 1.49. The average Bonchev–Trinajstić information content (AvgIpc) is 3.29. The lowest BCUT2D eigenvalue weighted by atomic mass is 10.0. The Hall–Kier alpha value is -2.92. The minimum absolute atomic E-state index is 0.0760. The quantitative estimate of drug-likeness (QED) is 0.329. The Morgan fingerprint density at radius 2 is 1.82 bits per heavy atom. The van der Waals surface area contributed by atoms with Gasteiger partial charge in [-0.1, -0.05) is 55.9 Å². The second-order valence-corrected chi connectivity index (χ2v) is 8.43. The zero-order chi connectivity index (χ0) is 24.2. The SMILES string of the molecule is COCC[C@H](NC(=O)[C@H](CC(C)C)NC(=O)OCc1ccccc1)C(=O)c1nnc(SC)o1. The van der Waals surface area contributed by atoms with Gasteiger partial charge in [-0.3, -0.25) is 9.59 Å². The van der Waals surface area contributed by atoms with E-state index in [2.05, 4.69) is 20.8 Å². The van der Waals surface area contributed by atoms with Crippen molar-refractivity contribution in [1.29, 1.82) is 0 Å². The first kappa shape index (κ1) is 26.3. The Morgan fingerprint density at radius 3 is 2.42 bits per heavy atom. The largest absolute Gasteiger partial charge is 0.445 e. The molecule has 1 aromatic carbocycles. The van der Waals surface area contributed by atoms with Crippen molar-refractivity contribution < 1.29 is 28.3 Å². The van der Waals surface area contributed by atoms with E-state index in [0.29, 0.717) is 6.42 Å². The van der Waals surface area contributed by atoms with Gasteiger partial charge in [-0.05, 0) is 30.6 Å². The number of aromatic nitrogens is 2. The van der Waals surface area contributed by atoms with Gasteiger partial charge in [0.25, 0.3) is 11.1 Å². The molecule has 0 aliphatic rings. The summed E-state index contributed by atoms with van der Waals surface area (Å²) in [4.78, 5) is 38.2. The molecule has 0 fully saturated rings. The van der Waals surface area contributed by atoms with E-state index in [4.69, 9.17) is 13.9 Å². The van der Waals surface area contributed by atoms with Crippen LogP contribution >= 0.6 is 11.8 Å². The number of hydrogen-bond donors (Lipinski definition) is 2. The van der Waals surface area contributed by atoms with Crippen molar-refractivity contribution in [2.24, 2.45) is 5.92 Å². The molecule has 0 unspecified atom stereocenters. The highest BCUT2D eigenvalue weighted by molar-refractivity contribution is 7.98. The summed E-state index contributed by atoms with van der Waals surface area (Å²) in [6.45, 7) is 4.15. The Labute approximate surface area is 197 Å². The van der Waals surface area contributed by atoms with Gasteiger partial charge in [-0.2, -0.15) is 0 Å². The predicted octanol–water partition coefficient (Wildman–Crippen LogP) is 2.84. The number of alkyl carbamates (subject to hydrolysis) is 1. The van der Waals surface area contributed by atoms with Crippen molar-refractivity contribution in [2.45, 2.75) is 50.6 Å². The lowest BCUT2D eigenvalue weighted by Crippen LogP contribution is -2.52. The van der Waals surface area contributed by atoms with E-state index < -0.39 is 29.9 Å². The highest BCUT2D eigenvalue weighted by Crippen LogP contribution is 2.14. The molecule has 2 aromatic rings. The minimum Gasteiger partial charge on any atom is -0.445 e. The van der Waals surface area contributed by atoms with Crippen LogP contribution in [0.15, 0.2) is 40.0 Å². The number of nitrogens with one attached hydrogen (secondary N) is 2. The summed E-state index contributed by atoms with van der Waals surface area (Å²) < 4.78 is 15.6. The number of carbonyl (C=O) groups is 3. The molecule has 0 saturated heterocycles. The standard InChI is InChI=1S/C22H30N4O6S/c1-14(2)12-17(24-21(29)31-13-15-8-6-5-7-9-15)19(28)23-16(10-11-30-3)18(27)20-25-26-22(32-20)33-4/h5-9,14,16-17H,10-13H2,1-4H3,(H,23,28)(H,24,29)/t16-,17-/m0/s1. The van der Waals surface area contributed by atoms with Crippen molar-refractivity contribution in [3.05, 3.63) is 41.8 Å².